The quantitative estimate of drug-likeness (QED) is 0.181. The van der Waals surface area contributed by atoms with Gasteiger partial charge in [-0.15, -0.1) is 0 Å². The lowest BCUT2D eigenvalue weighted by atomic mass is 9.82. The average molecular weight is 612 g/mol. The van der Waals surface area contributed by atoms with Gasteiger partial charge in [0.1, 0.15) is 11.2 Å². The van der Waals surface area contributed by atoms with Gasteiger partial charge in [-0.3, -0.25) is 0 Å². The molecule has 10 rings (SSSR count). The predicted octanol–water partition coefficient (Wildman–Crippen LogP) is 13.2. The molecule has 0 aliphatic heterocycles. The zero-order valence-corrected chi connectivity index (χ0v) is 24.4. The fourth-order valence-electron chi connectivity index (χ4n) is 6.86. The van der Waals surface area contributed by atoms with Crippen LogP contribution in [0.2, 0.25) is 0 Å². The van der Waals surface area contributed by atoms with Gasteiger partial charge in [0.05, 0.1) is 20.6 Å². The molecule has 1 heterocycles. The maximum atomic E-state index is 9.53. The highest BCUT2D eigenvalue weighted by molar-refractivity contribution is 6.25. The highest BCUT2D eigenvalue weighted by Gasteiger charge is 2.21. The number of furan rings is 1. The molecule has 1 aromatic heterocycles. The molecule has 10 aromatic rings. The molecule has 0 saturated carbocycles. The van der Waals surface area contributed by atoms with Crippen LogP contribution in [0.5, 0.6) is 0 Å². The largest absolute Gasteiger partial charge is 0.455 e. The van der Waals surface area contributed by atoms with Crippen molar-refractivity contribution in [2.75, 3.05) is 0 Å². The van der Waals surface area contributed by atoms with Gasteiger partial charge in [0.25, 0.3) is 0 Å². The summed E-state index contributed by atoms with van der Waals surface area (Å²) < 4.78 is 142. The molecular formula is C46H28O. The summed E-state index contributed by atoms with van der Waals surface area (Å²) in [5.74, 6) is 0. The van der Waals surface area contributed by atoms with Crippen molar-refractivity contribution in [1.29, 1.82) is 0 Å². The molecular weight excluding hydrogens is 569 g/mol. The van der Waals surface area contributed by atoms with E-state index in [0.717, 1.165) is 21.5 Å². The molecule has 1 nitrogen and oxygen atoms in total. The molecule has 0 N–H and O–H groups in total. The second kappa shape index (κ2) is 10.2. The first-order valence-corrected chi connectivity index (χ1v) is 15.0. The van der Waals surface area contributed by atoms with Gasteiger partial charge in [0.15, 0.2) is 0 Å². The summed E-state index contributed by atoms with van der Waals surface area (Å²) in [6.07, 6.45) is 0. The van der Waals surface area contributed by atoms with Crippen LogP contribution in [0.25, 0.3) is 98.4 Å². The Morgan fingerprint density at radius 2 is 0.957 bits per heavy atom. The molecule has 1 heteroatoms. The highest BCUT2D eigenvalue weighted by atomic mass is 16.3. The minimum atomic E-state index is -0.761. The fourth-order valence-corrected chi connectivity index (χ4v) is 6.86. The normalized spacial score (nSPS) is 16.3. The van der Waals surface area contributed by atoms with E-state index in [-0.39, 0.29) is 32.7 Å². The minimum absolute atomic E-state index is 0.0181. The zero-order chi connectivity index (χ0) is 44.0. The molecule has 0 amide bonds. The van der Waals surface area contributed by atoms with E-state index in [2.05, 4.69) is 0 Å². The molecule has 218 valence electrons. The molecule has 0 unspecified atom stereocenters. The second-order valence-corrected chi connectivity index (χ2v) is 11.2. The number of rotatable bonds is 3. The van der Waals surface area contributed by atoms with Crippen molar-refractivity contribution in [3.05, 3.63) is 169 Å². The molecule has 0 bridgehead atoms. The third kappa shape index (κ3) is 3.84. The van der Waals surface area contributed by atoms with E-state index in [1.807, 2.05) is 54.6 Å². The van der Waals surface area contributed by atoms with Crippen LogP contribution in [-0.4, -0.2) is 0 Å². The van der Waals surface area contributed by atoms with E-state index in [1.165, 1.54) is 0 Å². The van der Waals surface area contributed by atoms with Gasteiger partial charge >= 0.3 is 0 Å². The van der Waals surface area contributed by atoms with Gasteiger partial charge in [0, 0.05) is 16.2 Å². The van der Waals surface area contributed by atoms with Crippen LogP contribution in [0.4, 0.5) is 0 Å². The summed E-state index contributed by atoms with van der Waals surface area (Å²) in [6.45, 7) is 0. The predicted molar refractivity (Wildman–Crippen MR) is 200 cm³/mol. The van der Waals surface area contributed by atoms with Crippen LogP contribution in [0.1, 0.15) is 20.6 Å². The van der Waals surface area contributed by atoms with Gasteiger partial charge in [0.2, 0.25) is 0 Å². The Balaban J connectivity index is 1.48. The Morgan fingerprint density at radius 1 is 0.362 bits per heavy atom. The molecule has 9 aromatic carbocycles. The van der Waals surface area contributed by atoms with E-state index < -0.39 is 107 Å². The number of hydrogen-bond acceptors (Lipinski definition) is 1. The summed E-state index contributed by atoms with van der Waals surface area (Å²) in [5, 5.41) is 1.53. The van der Waals surface area contributed by atoms with E-state index in [4.69, 9.17) is 18.1 Å². The van der Waals surface area contributed by atoms with Crippen LogP contribution < -0.4 is 0 Å². The third-order valence-corrected chi connectivity index (χ3v) is 8.81. The first-order valence-electron chi connectivity index (χ1n) is 22.5. The molecule has 0 fully saturated rings. The Hall–Kier alpha value is -6.18. The lowest BCUT2D eigenvalue weighted by Crippen LogP contribution is -1.93. The van der Waals surface area contributed by atoms with E-state index in [9.17, 15) is 6.85 Å². The molecule has 0 atom stereocenters. The molecule has 0 saturated heterocycles. The Bertz CT molecular complexity index is 3620. The first-order chi connectivity index (χ1) is 29.6. The summed E-state index contributed by atoms with van der Waals surface area (Å²) in [4.78, 5) is 0. The second-order valence-electron chi connectivity index (χ2n) is 11.2. The van der Waals surface area contributed by atoms with Crippen LogP contribution >= 0.6 is 0 Å². The van der Waals surface area contributed by atoms with Gasteiger partial charge in [-0.1, -0.05) is 157 Å². The Labute approximate surface area is 293 Å². The van der Waals surface area contributed by atoms with Crippen LogP contribution in [-0.2, 0) is 0 Å². The van der Waals surface area contributed by atoms with E-state index in [1.54, 1.807) is 24.3 Å². The van der Waals surface area contributed by atoms with Gasteiger partial charge in [-0.25, -0.2) is 0 Å². The van der Waals surface area contributed by atoms with E-state index in [0.29, 0.717) is 27.9 Å². The number of fused-ring (bicyclic) bond motifs is 8. The highest BCUT2D eigenvalue weighted by Crippen LogP contribution is 2.48. The van der Waals surface area contributed by atoms with Crippen molar-refractivity contribution in [2.24, 2.45) is 0 Å². The molecule has 0 radical (unpaired) electrons. The lowest BCUT2D eigenvalue weighted by molar-refractivity contribution is 0.673. The number of hydrogen-bond donors (Lipinski definition) is 0. The molecule has 0 aliphatic carbocycles. The average Bonchev–Trinajstić information content (AvgIpc) is 3.68. The van der Waals surface area contributed by atoms with Crippen molar-refractivity contribution in [3.63, 3.8) is 0 Å². The van der Waals surface area contributed by atoms with Crippen LogP contribution in [0, 0.1) is 0 Å². The van der Waals surface area contributed by atoms with Crippen molar-refractivity contribution in [3.8, 4) is 33.4 Å². The van der Waals surface area contributed by atoms with Gasteiger partial charge < -0.3 is 4.42 Å². The molecule has 47 heavy (non-hydrogen) atoms. The van der Waals surface area contributed by atoms with Crippen LogP contribution in [0.15, 0.2) is 174 Å². The topological polar surface area (TPSA) is 13.1 Å². The zero-order valence-electron chi connectivity index (χ0n) is 39.4. The molecule has 0 spiro atoms. The van der Waals surface area contributed by atoms with E-state index >= 15 is 0 Å². The van der Waals surface area contributed by atoms with Crippen molar-refractivity contribution in [1.82, 2.24) is 0 Å². The SMILES string of the molecule is [2H]c1c([2H])c([2H])c2c(-c3c4c([2H])c([2H])c([2H])c([2H])c4c(-c4ccccc4-c4cccc5oc6c7ccccc7ccc6c45)c4c([2H])c([2H])c([2H])c([2H])c34)c([2H])c([2H])c([2H])c2c1[2H]. The Kier molecular flexibility index (Phi) is 3.33. The van der Waals surface area contributed by atoms with Gasteiger partial charge in [-0.2, -0.15) is 0 Å². The van der Waals surface area contributed by atoms with Crippen LogP contribution in [0.3, 0.4) is 0 Å². The lowest BCUT2D eigenvalue weighted by Gasteiger charge is -2.20. The number of benzene rings is 9. The van der Waals surface area contributed by atoms with Crippen molar-refractivity contribution in [2.45, 2.75) is 0 Å². The van der Waals surface area contributed by atoms with Crippen molar-refractivity contribution < 1.29 is 25.0 Å². The Morgan fingerprint density at radius 3 is 1.72 bits per heavy atom. The summed E-state index contributed by atoms with van der Waals surface area (Å²) in [7, 11) is 0. The monoisotopic (exact) mass is 611 g/mol. The minimum Gasteiger partial charge on any atom is -0.455 e. The summed E-state index contributed by atoms with van der Waals surface area (Å²) in [5.41, 5.74) is 1.92. The van der Waals surface area contributed by atoms with Gasteiger partial charge in [-0.05, 0) is 83.2 Å². The molecule has 0 aliphatic rings. The maximum Gasteiger partial charge on any atom is 0.143 e. The fraction of sp³-hybridized carbons (Fsp3) is 0. The smallest absolute Gasteiger partial charge is 0.143 e. The summed E-state index contributed by atoms with van der Waals surface area (Å²) in [6, 6.07) is 14.0. The summed E-state index contributed by atoms with van der Waals surface area (Å²) >= 11 is 0. The van der Waals surface area contributed by atoms with Crippen molar-refractivity contribution >= 4 is 65.0 Å². The maximum absolute atomic E-state index is 9.53. The standard InChI is InChI=1S/C46H28O/c1-3-16-31-29(13-1)15-11-24-34(31)43-37-20-7-9-22-39(37)44(40-23-10-8-21-38(40)43)35-19-6-5-18-33(35)36-25-12-26-42-45(36)41-28-27-30-14-2-4-17-32(30)46(41)47-42/h1-28H/i1D,3D,7D,8D,9D,10D,11D,13D,15D,16D,20D,21D,22D,23D,24D. The third-order valence-electron chi connectivity index (χ3n) is 8.81. The first kappa shape index (κ1) is 15.4.